The summed E-state index contributed by atoms with van der Waals surface area (Å²) in [4.78, 5) is 19.6. The van der Waals surface area contributed by atoms with Gasteiger partial charge in [-0.25, -0.2) is 17.9 Å². The Labute approximate surface area is 158 Å². The zero-order valence-electron chi connectivity index (χ0n) is 15.0. The summed E-state index contributed by atoms with van der Waals surface area (Å²) in [6.07, 6.45) is -0.293. The summed E-state index contributed by atoms with van der Waals surface area (Å²) in [5.74, 6) is 0.684. The van der Waals surface area contributed by atoms with Crippen molar-refractivity contribution in [2.75, 3.05) is 52.9 Å². The third-order valence-corrected chi connectivity index (χ3v) is 6.64. The molecule has 0 spiro atoms. The highest BCUT2D eigenvalue weighted by Crippen LogP contribution is 2.14. The van der Waals surface area contributed by atoms with Crippen molar-refractivity contribution in [3.63, 3.8) is 0 Å². The molecule has 0 radical (unpaired) electrons. The maximum Gasteiger partial charge on any atom is 0.409 e. The topological polar surface area (TPSA) is 103 Å². The number of aliphatic imine (C=N–C) groups is 1. The number of ether oxygens (including phenoxy) is 1. The van der Waals surface area contributed by atoms with Crippen molar-refractivity contribution in [1.82, 2.24) is 19.8 Å². The average molecular weight is 404 g/mol. The van der Waals surface area contributed by atoms with E-state index in [-0.39, 0.29) is 12.6 Å². The van der Waals surface area contributed by atoms with E-state index in [4.69, 9.17) is 4.74 Å². The van der Waals surface area contributed by atoms with Crippen molar-refractivity contribution >= 4 is 33.4 Å². The van der Waals surface area contributed by atoms with Gasteiger partial charge >= 0.3 is 6.09 Å². The molecular weight excluding hydrogens is 378 g/mol. The molecule has 2 N–H and O–H groups in total. The van der Waals surface area contributed by atoms with Gasteiger partial charge in [-0.2, -0.15) is 0 Å². The molecule has 2 rings (SSSR count). The lowest BCUT2D eigenvalue weighted by Crippen LogP contribution is -2.54. The number of hydrogen-bond acceptors (Lipinski definition) is 6. The van der Waals surface area contributed by atoms with Gasteiger partial charge in [-0.15, -0.1) is 11.3 Å². The summed E-state index contributed by atoms with van der Waals surface area (Å²) in [5, 5.41) is 4.87. The number of nitrogens with one attached hydrogen (secondary N) is 2. The number of guanidine groups is 1. The first kappa shape index (κ1) is 20.5. The van der Waals surface area contributed by atoms with Gasteiger partial charge in [0.2, 0.25) is 10.0 Å². The molecule has 0 aliphatic carbocycles. The number of carbonyl (C=O) groups is 1. The molecule has 0 aromatic carbocycles. The van der Waals surface area contributed by atoms with Crippen LogP contribution in [0.25, 0.3) is 0 Å². The van der Waals surface area contributed by atoms with Crippen molar-refractivity contribution in [2.45, 2.75) is 11.1 Å². The molecule has 11 heteroatoms. The van der Waals surface area contributed by atoms with E-state index < -0.39 is 10.0 Å². The van der Waals surface area contributed by atoms with E-state index in [9.17, 15) is 13.2 Å². The lowest BCUT2D eigenvalue weighted by Gasteiger charge is -2.35. The normalized spacial score (nSPS) is 15.8. The number of hydrogen-bond donors (Lipinski definition) is 2. The third kappa shape index (κ3) is 5.58. The molecule has 1 aliphatic rings. The van der Waals surface area contributed by atoms with Crippen LogP contribution in [0.2, 0.25) is 0 Å². The highest BCUT2D eigenvalue weighted by molar-refractivity contribution is 7.91. The maximum absolute atomic E-state index is 12.0. The SMILES string of the molecule is CCOC(=O)N1CCN(C(=NC)NCCNS(=O)(=O)c2cccs2)CC1. The van der Waals surface area contributed by atoms with Crippen LogP contribution < -0.4 is 10.0 Å². The van der Waals surface area contributed by atoms with Crippen LogP contribution >= 0.6 is 11.3 Å². The molecule has 1 fully saturated rings. The number of nitrogens with zero attached hydrogens (tertiary/aromatic N) is 3. The second-order valence-corrected chi connectivity index (χ2v) is 8.42. The number of sulfonamides is 1. The second-order valence-electron chi connectivity index (χ2n) is 5.48. The standard InChI is InChI=1S/C15H25N5O4S2/c1-3-24-15(21)20-10-8-19(9-11-20)14(16-2)17-6-7-18-26(22,23)13-5-4-12-25-13/h4-5,12,18H,3,6-11H2,1-2H3,(H,16,17). The number of amides is 1. The molecule has 1 aromatic heterocycles. The number of rotatable bonds is 6. The molecule has 1 aromatic rings. The van der Waals surface area contributed by atoms with E-state index in [1.165, 1.54) is 11.3 Å². The zero-order chi connectivity index (χ0) is 19.0. The summed E-state index contributed by atoms with van der Waals surface area (Å²) in [5.41, 5.74) is 0. The summed E-state index contributed by atoms with van der Waals surface area (Å²) >= 11 is 1.18. The first-order chi connectivity index (χ1) is 12.5. The number of piperazine rings is 1. The van der Waals surface area contributed by atoms with Crippen molar-refractivity contribution in [3.8, 4) is 0 Å². The Kier molecular flexibility index (Phi) is 7.66. The highest BCUT2D eigenvalue weighted by atomic mass is 32.2. The van der Waals surface area contributed by atoms with Crippen LogP contribution in [-0.2, 0) is 14.8 Å². The highest BCUT2D eigenvalue weighted by Gasteiger charge is 2.23. The molecule has 0 saturated carbocycles. The fourth-order valence-electron chi connectivity index (χ4n) is 2.50. The van der Waals surface area contributed by atoms with Crippen molar-refractivity contribution in [1.29, 1.82) is 0 Å². The molecule has 9 nitrogen and oxygen atoms in total. The average Bonchev–Trinajstić information content (AvgIpc) is 3.18. The van der Waals surface area contributed by atoms with E-state index in [1.54, 1.807) is 36.4 Å². The monoisotopic (exact) mass is 403 g/mol. The quantitative estimate of drug-likeness (QED) is 0.404. The van der Waals surface area contributed by atoms with Crippen LogP contribution in [0.15, 0.2) is 26.7 Å². The van der Waals surface area contributed by atoms with Gasteiger partial charge in [-0.1, -0.05) is 6.07 Å². The number of carbonyl (C=O) groups excluding carboxylic acids is 1. The molecule has 0 bridgehead atoms. The van der Waals surface area contributed by atoms with Gasteiger partial charge in [0.25, 0.3) is 0 Å². The van der Waals surface area contributed by atoms with Gasteiger partial charge in [0.1, 0.15) is 4.21 Å². The lowest BCUT2D eigenvalue weighted by atomic mass is 10.3. The van der Waals surface area contributed by atoms with Gasteiger partial charge in [0.15, 0.2) is 5.96 Å². The smallest absolute Gasteiger partial charge is 0.409 e. The van der Waals surface area contributed by atoms with Crippen LogP contribution in [0, 0.1) is 0 Å². The predicted octanol–water partition coefficient (Wildman–Crippen LogP) is 0.376. The van der Waals surface area contributed by atoms with Crippen LogP contribution in [-0.4, -0.2) is 83.2 Å². The maximum atomic E-state index is 12.0. The van der Waals surface area contributed by atoms with Crippen molar-refractivity contribution in [2.24, 2.45) is 4.99 Å². The van der Waals surface area contributed by atoms with Gasteiger partial charge in [-0.05, 0) is 18.4 Å². The van der Waals surface area contributed by atoms with Crippen molar-refractivity contribution in [3.05, 3.63) is 17.5 Å². The lowest BCUT2D eigenvalue weighted by molar-refractivity contribution is 0.0915. The molecule has 2 heterocycles. The molecule has 146 valence electrons. The Morgan fingerprint density at radius 3 is 2.54 bits per heavy atom. The first-order valence-corrected chi connectivity index (χ1v) is 10.7. The van der Waals surface area contributed by atoms with E-state index in [0.29, 0.717) is 49.5 Å². The predicted molar refractivity (Wildman–Crippen MR) is 101 cm³/mol. The van der Waals surface area contributed by atoms with Crippen LogP contribution in [0.1, 0.15) is 6.92 Å². The molecule has 0 unspecified atom stereocenters. The largest absolute Gasteiger partial charge is 0.450 e. The Bertz CT molecular complexity index is 698. The summed E-state index contributed by atoms with van der Waals surface area (Å²) in [7, 11) is -1.78. The minimum Gasteiger partial charge on any atom is -0.450 e. The summed E-state index contributed by atoms with van der Waals surface area (Å²) < 4.78 is 32.0. The van der Waals surface area contributed by atoms with Gasteiger partial charge in [0, 0.05) is 46.3 Å². The van der Waals surface area contributed by atoms with Crippen LogP contribution in [0.4, 0.5) is 4.79 Å². The minimum atomic E-state index is -3.45. The fourth-order valence-corrected chi connectivity index (χ4v) is 4.56. The Balaban J connectivity index is 1.74. The van der Waals surface area contributed by atoms with Gasteiger partial charge < -0.3 is 19.9 Å². The summed E-state index contributed by atoms with van der Waals surface area (Å²) in [6, 6.07) is 3.28. The molecule has 1 aliphatic heterocycles. The molecular formula is C15H25N5O4S2. The Morgan fingerprint density at radius 2 is 1.96 bits per heavy atom. The Morgan fingerprint density at radius 1 is 1.27 bits per heavy atom. The van der Waals surface area contributed by atoms with Gasteiger partial charge in [0.05, 0.1) is 6.61 Å². The molecule has 0 atom stereocenters. The van der Waals surface area contributed by atoms with Gasteiger partial charge in [-0.3, -0.25) is 4.99 Å². The van der Waals surface area contributed by atoms with Crippen LogP contribution in [0.5, 0.6) is 0 Å². The Hall–Kier alpha value is -1.85. The van der Waals surface area contributed by atoms with Crippen LogP contribution in [0.3, 0.4) is 0 Å². The zero-order valence-corrected chi connectivity index (χ0v) is 16.6. The second kappa shape index (κ2) is 9.74. The molecule has 1 amide bonds. The number of thiophene rings is 1. The summed E-state index contributed by atoms with van der Waals surface area (Å²) in [6.45, 7) is 5.21. The fraction of sp³-hybridized carbons (Fsp3) is 0.600. The molecule has 26 heavy (non-hydrogen) atoms. The minimum absolute atomic E-state index is 0.252. The van der Waals surface area contributed by atoms with Crippen molar-refractivity contribution < 1.29 is 17.9 Å². The van der Waals surface area contributed by atoms with E-state index >= 15 is 0 Å². The van der Waals surface area contributed by atoms with E-state index in [1.807, 2.05) is 4.90 Å². The third-order valence-electron chi connectivity index (χ3n) is 3.78. The first-order valence-electron chi connectivity index (χ1n) is 8.38. The van der Waals surface area contributed by atoms with E-state index in [2.05, 4.69) is 15.0 Å². The molecule has 1 saturated heterocycles. The van der Waals surface area contributed by atoms with E-state index in [0.717, 1.165) is 0 Å².